The first kappa shape index (κ1) is 12.2. The number of rotatable bonds is 4. The fraction of sp³-hybridized carbons (Fsp3) is 0.667. The molecule has 1 aliphatic rings. The molecule has 0 radical (unpaired) electrons. The quantitative estimate of drug-likeness (QED) is 0.667. The minimum atomic E-state index is 0.373. The lowest BCUT2D eigenvalue weighted by molar-refractivity contribution is 0.201. The van der Waals surface area contributed by atoms with Crippen LogP contribution in [0.1, 0.15) is 20.8 Å². The highest BCUT2D eigenvalue weighted by Crippen LogP contribution is 2.15. The standard InChI is InChI=1S/C9H19N5S/c1-5-10-9-11-8(15-4)6-14(13-9)12-7(2)3/h6-7,12H,5H2,1-4H3,(H2,10,11,13). The zero-order valence-corrected chi connectivity index (χ0v) is 10.5. The van der Waals surface area contributed by atoms with Gasteiger partial charge >= 0.3 is 0 Å². The van der Waals surface area contributed by atoms with Crippen LogP contribution in [-0.4, -0.2) is 29.9 Å². The van der Waals surface area contributed by atoms with Crippen molar-refractivity contribution >= 4 is 17.7 Å². The van der Waals surface area contributed by atoms with E-state index < -0.39 is 0 Å². The first-order valence-electron chi connectivity index (χ1n) is 5.06. The van der Waals surface area contributed by atoms with E-state index in [4.69, 9.17) is 0 Å². The van der Waals surface area contributed by atoms with Crippen molar-refractivity contribution in [2.45, 2.75) is 26.8 Å². The van der Waals surface area contributed by atoms with E-state index in [1.54, 1.807) is 11.8 Å². The van der Waals surface area contributed by atoms with Crippen LogP contribution in [0.2, 0.25) is 0 Å². The van der Waals surface area contributed by atoms with Crippen LogP contribution in [0.3, 0.4) is 0 Å². The van der Waals surface area contributed by atoms with Gasteiger partial charge in [-0.3, -0.25) is 5.43 Å². The van der Waals surface area contributed by atoms with E-state index in [-0.39, 0.29) is 0 Å². The molecule has 0 aromatic rings. The van der Waals surface area contributed by atoms with Gasteiger partial charge in [-0.05, 0) is 27.0 Å². The summed E-state index contributed by atoms with van der Waals surface area (Å²) in [6, 6.07) is 0.373. The van der Waals surface area contributed by atoms with Crippen molar-refractivity contribution in [3.05, 3.63) is 11.2 Å². The summed E-state index contributed by atoms with van der Waals surface area (Å²) in [4.78, 5) is 4.38. The number of thioether (sulfide) groups is 1. The average Bonchev–Trinajstić information content (AvgIpc) is 2.16. The zero-order valence-electron chi connectivity index (χ0n) is 9.66. The maximum absolute atomic E-state index is 4.38. The van der Waals surface area contributed by atoms with Gasteiger partial charge in [0, 0.05) is 12.6 Å². The van der Waals surface area contributed by atoms with Gasteiger partial charge in [0.2, 0.25) is 5.96 Å². The van der Waals surface area contributed by atoms with E-state index in [0.29, 0.717) is 6.04 Å². The lowest BCUT2D eigenvalue weighted by Gasteiger charge is -2.29. The number of hydrazine groups is 2. The van der Waals surface area contributed by atoms with Gasteiger partial charge in [-0.1, -0.05) is 0 Å². The molecule has 0 bridgehead atoms. The van der Waals surface area contributed by atoms with Gasteiger partial charge in [-0.15, -0.1) is 11.8 Å². The first-order valence-corrected chi connectivity index (χ1v) is 6.28. The molecular weight excluding hydrogens is 210 g/mol. The number of hydrogen-bond acceptors (Lipinski definition) is 6. The summed E-state index contributed by atoms with van der Waals surface area (Å²) in [5, 5.41) is 5.96. The first-order chi connectivity index (χ1) is 7.15. The summed E-state index contributed by atoms with van der Waals surface area (Å²) in [6.45, 7) is 7.07. The van der Waals surface area contributed by atoms with Crippen molar-refractivity contribution < 1.29 is 0 Å². The molecule has 3 N–H and O–H groups in total. The van der Waals surface area contributed by atoms with Gasteiger partial charge in [-0.2, -0.15) is 0 Å². The highest BCUT2D eigenvalue weighted by atomic mass is 32.2. The van der Waals surface area contributed by atoms with Crippen LogP contribution in [0.15, 0.2) is 16.2 Å². The van der Waals surface area contributed by atoms with E-state index in [2.05, 4.69) is 35.0 Å². The van der Waals surface area contributed by atoms with E-state index >= 15 is 0 Å². The summed E-state index contributed by atoms with van der Waals surface area (Å²) in [7, 11) is 0. The van der Waals surface area contributed by atoms with Crippen LogP contribution in [0.4, 0.5) is 0 Å². The van der Waals surface area contributed by atoms with E-state index in [0.717, 1.165) is 17.5 Å². The molecule has 0 atom stereocenters. The Morgan fingerprint density at radius 3 is 2.87 bits per heavy atom. The Labute approximate surface area is 95.3 Å². The molecule has 86 valence electrons. The Kier molecular flexibility index (Phi) is 4.77. The lowest BCUT2D eigenvalue weighted by Crippen LogP contribution is -2.55. The van der Waals surface area contributed by atoms with Crippen molar-refractivity contribution in [2.24, 2.45) is 4.99 Å². The fourth-order valence-corrected chi connectivity index (χ4v) is 1.51. The highest BCUT2D eigenvalue weighted by molar-refractivity contribution is 8.02. The van der Waals surface area contributed by atoms with Crippen molar-refractivity contribution in [1.29, 1.82) is 0 Å². The number of guanidine groups is 1. The molecule has 0 saturated carbocycles. The van der Waals surface area contributed by atoms with E-state index in [1.165, 1.54) is 0 Å². The Hall–Kier alpha value is -0.880. The van der Waals surface area contributed by atoms with Gasteiger partial charge < -0.3 is 5.32 Å². The van der Waals surface area contributed by atoms with Crippen LogP contribution >= 0.6 is 11.8 Å². The summed E-state index contributed by atoms with van der Waals surface area (Å²) in [6.07, 6.45) is 3.95. The second-order valence-corrected chi connectivity index (χ2v) is 4.25. The highest BCUT2D eigenvalue weighted by Gasteiger charge is 2.11. The largest absolute Gasteiger partial charge is 0.355 e. The van der Waals surface area contributed by atoms with Gasteiger partial charge in [0.25, 0.3) is 0 Å². The van der Waals surface area contributed by atoms with Crippen molar-refractivity contribution in [3.63, 3.8) is 0 Å². The summed E-state index contributed by atoms with van der Waals surface area (Å²) < 4.78 is 0. The van der Waals surface area contributed by atoms with Crippen molar-refractivity contribution in [2.75, 3.05) is 12.8 Å². The molecular formula is C9H19N5S. The molecule has 0 aromatic heterocycles. The molecule has 0 aromatic carbocycles. The maximum atomic E-state index is 4.38. The predicted octanol–water partition coefficient (Wildman–Crippen LogP) is 0.847. The number of aliphatic imine (C=N–C) groups is 1. The third-order valence-electron chi connectivity index (χ3n) is 1.64. The molecule has 0 aliphatic carbocycles. The Balaban J connectivity index is 2.64. The number of nitrogens with one attached hydrogen (secondary N) is 3. The molecule has 0 unspecified atom stereocenters. The number of nitrogens with zero attached hydrogens (tertiary/aromatic N) is 2. The molecule has 1 aliphatic heterocycles. The molecule has 6 heteroatoms. The molecule has 0 amide bonds. The third-order valence-corrected chi connectivity index (χ3v) is 2.25. The molecule has 0 saturated heterocycles. The summed E-state index contributed by atoms with van der Waals surface area (Å²) in [5.41, 5.74) is 6.37. The summed E-state index contributed by atoms with van der Waals surface area (Å²) in [5.74, 6) is 0.775. The SMILES string of the molecule is CCNC1=NC(SC)=CN(NC(C)C)N1. The Bertz CT molecular complexity index is 261. The van der Waals surface area contributed by atoms with E-state index in [1.807, 2.05) is 24.5 Å². The van der Waals surface area contributed by atoms with Crippen molar-refractivity contribution in [1.82, 2.24) is 21.3 Å². The van der Waals surface area contributed by atoms with Gasteiger partial charge in [0.15, 0.2) is 0 Å². The van der Waals surface area contributed by atoms with Crippen LogP contribution < -0.4 is 16.2 Å². The minimum absolute atomic E-state index is 0.373. The smallest absolute Gasteiger partial charge is 0.217 e. The van der Waals surface area contributed by atoms with Gasteiger partial charge in [0.05, 0.1) is 6.20 Å². The minimum Gasteiger partial charge on any atom is -0.355 e. The number of hydrogen-bond donors (Lipinski definition) is 3. The molecule has 0 spiro atoms. The molecule has 1 heterocycles. The third kappa shape index (κ3) is 4.01. The van der Waals surface area contributed by atoms with Gasteiger partial charge in [-0.25, -0.2) is 15.5 Å². The van der Waals surface area contributed by atoms with Crippen LogP contribution in [-0.2, 0) is 0 Å². The fourth-order valence-electron chi connectivity index (χ4n) is 1.11. The lowest BCUT2D eigenvalue weighted by atomic mass is 10.4. The van der Waals surface area contributed by atoms with Crippen LogP contribution in [0.5, 0.6) is 0 Å². The normalized spacial score (nSPS) is 15.9. The van der Waals surface area contributed by atoms with Crippen LogP contribution in [0, 0.1) is 0 Å². The second kappa shape index (κ2) is 5.87. The predicted molar refractivity (Wildman–Crippen MR) is 66.0 cm³/mol. The molecule has 1 rings (SSSR count). The van der Waals surface area contributed by atoms with Crippen molar-refractivity contribution in [3.8, 4) is 0 Å². The Morgan fingerprint density at radius 1 is 1.60 bits per heavy atom. The molecule has 0 fully saturated rings. The monoisotopic (exact) mass is 229 g/mol. The maximum Gasteiger partial charge on any atom is 0.217 e. The van der Waals surface area contributed by atoms with E-state index in [9.17, 15) is 0 Å². The molecule has 15 heavy (non-hydrogen) atoms. The average molecular weight is 229 g/mol. The summed E-state index contributed by atoms with van der Waals surface area (Å²) >= 11 is 1.62. The Morgan fingerprint density at radius 2 is 2.33 bits per heavy atom. The zero-order chi connectivity index (χ0) is 11.3. The second-order valence-electron chi connectivity index (χ2n) is 3.43. The van der Waals surface area contributed by atoms with Crippen LogP contribution in [0.25, 0.3) is 0 Å². The molecule has 5 nitrogen and oxygen atoms in total. The topological polar surface area (TPSA) is 51.7 Å². The van der Waals surface area contributed by atoms with Gasteiger partial charge in [0.1, 0.15) is 5.03 Å².